The van der Waals surface area contributed by atoms with E-state index in [1.54, 1.807) is 0 Å². The van der Waals surface area contributed by atoms with Gasteiger partial charge in [0.05, 0.1) is 0 Å². The number of carbonyl (C=O) groups is 3. The molecule has 56 heavy (non-hydrogen) atoms. The van der Waals surface area contributed by atoms with E-state index in [1.807, 2.05) is 0 Å². The summed E-state index contributed by atoms with van der Waals surface area (Å²) in [4.78, 5) is 37.5. The van der Waals surface area contributed by atoms with Crippen LogP contribution in [0.1, 0.15) is 181 Å². The van der Waals surface area contributed by atoms with Gasteiger partial charge in [0.25, 0.3) is 0 Å². The van der Waals surface area contributed by atoms with Crippen LogP contribution < -0.4 is 0 Å². The van der Waals surface area contributed by atoms with Crippen LogP contribution in [0, 0.1) is 0 Å². The molecule has 6 heteroatoms. The fourth-order valence-electron chi connectivity index (χ4n) is 5.54. The van der Waals surface area contributed by atoms with Gasteiger partial charge in [-0.1, -0.05) is 163 Å². The Morgan fingerprint density at radius 3 is 1.12 bits per heavy atom. The molecule has 0 aliphatic carbocycles. The fourth-order valence-corrected chi connectivity index (χ4v) is 5.54. The van der Waals surface area contributed by atoms with Crippen LogP contribution in [0.4, 0.5) is 0 Å². The molecule has 0 heterocycles. The van der Waals surface area contributed by atoms with Gasteiger partial charge in [-0.05, 0) is 96.3 Å². The smallest absolute Gasteiger partial charge is 0.306 e. The first-order chi connectivity index (χ1) is 27.5. The van der Waals surface area contributed by atoms with Gasteiger partial charge in [-0.2, -0.15) is 0 Å². The molecule has 0 fully saturated rings. The summed E-state index contributed by atoms with van der Waals surface area (Å²) in [5.74, 6) is -0.992. The lowest BCUT2D eigenvalue weighted by molar-refractivity contribution is -0.167. The summed E-state index contributed by atoms with van der Waals surface area (Å²) in [6.07, 6.45) is 57.0. The monoisotopic (exact) mass is 777 g/mol. The van der Waals surface area contributed by atoms with Crippen molar-refractivity contribution in [1.29, 1.82) is 0 Å². The highest BCUT2D eigenvalue weighted by molar-refractivity contribution is 5.71. The van der Waals surface area contributed by atoms with Crippen molar-refractivity contribution in [2.45, 2.75) is 187 Å². The van der Waals surface area contributed by atoms with Crippen molar-refractivity contribution < 1.29 is 28.6 Å². The van der Waals surface area contributed by atoms with Crippen LogP contribution in [-0.4, -0.2) is 37.2 Å². The largest absolute Gasteiger partial charge is 0.462 e. The quantitative estimate of drug-likeness (QED) is 0.0269. The maximum atomic E-state index is 12.7. The van der Waals surface area contributed by atoms with E-state index < -0.39 is 6.10 Å². The van der Waals surface area contributed by atoms with Crippen LogP contribution in [0.5, 0.6) is 0 Å². The summed E-state index contributed by atoms with van der Waals surface area (Å²) >= 11 is 0. The van der Waals surface area contributed by atoms with Crippen LogP contribution in [0.15, 0.2) is 97.2 Å². The maximum absolute atomic E-state index is 12.7. The van der Waals surface area contributed by atoms with Crippen LogP contribution >= 0.6 is 0 Å². The Morgan fingerprint density at radius 2 is 0.696 bits per heavy atom. The zero-order chi connectivity index (χ0) is 40.8. The molecule has 0 aromatic rings. The second-order valence-corrected chi connectivity index (χ2v) is 14.2. The van der Waals surface area contributed by atoms with Gasteiger partial charge in [0.15, 0.2) is 6.10 Å². The molecule has 0 aliphatic heterocycles. The van der Waals surface area contributed by atoms with Gasteiger partial charge in [-0.15, -0.1) is 0 Å². The molecular weight excluding hydrogens is 697 g/mol. The van der Waals surface area contributed by atoms with Gasteiger partial charge in [0, 0.05) is 19.3 Å². The molecule has 0 radical (unpaired) electrons. The lowest BCUT2D eigenvalue weighted by Gasteiger charge is -2.18. The Kier molecular flexibility index (Phi) is 41.2. The number of hydrogen-bond acceptors (Lipinski definition) is 6. The van der Waals surface area contributed by atoms with Gasteiger partial charge in [-0.25, -0.2) is 0 Å². The summed E-state index contributed by atoms with van der Waals surface area (Å²) in [6.45, 7) is 6.26. The predicted octanol–water partition coefficient (Wildman–Crippen LogP) is 14.2. The molecule has 0 aromatic carbocycles. The normalized spacial score (nSPS) is 13.0. The third-order valence-corrected chi connectivity index (χ3v) is 8.83. The Balaban J connectivity index is 4.42. The minimum atomic E-state index is -0.805. The number of carbonyl (C=O) groups excluding carboxylic acids is 3. The molecular formula is C50H80O6. The van der Waals surface area contributed by atoms with E-state index in [0.29, 0.717) is 19.3 Å². The second kappa shape index (κ2) is 44.0. The molecule has 1 atom stereocenters. The topological polar surface area (TPSA) is 78.9 Å². The number of allylic oxidation sites excluding steroid dienone is 16. The minimum absolute atomic E-state index is 0.104. The van der Waals surface area contributed by atoms with Crippen LogP contribution in [0.3, 0.4) is 0 Å². The van der Waals surface area contributed by atoms with E-state index in [4.69, 9.17) is 14.2 Å². The summed E-state index contributed by atoms with van der Waals surface area (Å²) in [5, 5.41) is 0. The van der Waals surface area contributed by atoms with E-state index in [-0.39, 0.29) is 37.5 Å². The maximum Gasteiger partial charge on any atom is 0.306 e. The van der Waals surface area contributed by atoms with E-state index in [1.165, 1.54) is 19.3 Å². The van der Waals surface area contributed by atoms with Crippen molar-refractivity contribution in [3.8, 4) is 0 Å². The molecule has 0 bridgehead atoms. The molecule has 0 rings (SSSR count). The van der Waals surface area contributed by atoms with Crippen molar-refractivity contribution in [2.24, 2.45) is 0 Å². The molecule has 0 aromatic heterocycles. The van der Waals surface area contributed by atoms with Gasteiger partial charge in [-0.3, -0.25) is 14.4 Å². The lowest BCUT2D eigenvalue weighted by Crippen LogP contribution is -2.30. The Hall–Kier alpha value is -3.67. The molecule has 1 unspecified atom stereocenters. The standard InChI is InChI=1S/C50H80O6/c1-4-7-10-13-16-18-20-22-24-25-27-28-30-32-34-37-40-43-49(52)55-46-47(45-54-48(51)42-39-36-15-12-9-6-3)56-50(53)44-41-38-35-33-31-29-26-23-21-19-17-14-11-8-5-2/h7-8,10-11,16-19,22-24,26-28,31,33,47H,4-6,9,12-15,20-21,25,29-30,32,34-46H2,1-3H3/b10-7-,11-8-,18-16-,19-17-,24-22-,26-23-,28-27-,33-31-. The van der Waals surface area contributed by atoms with E-state index in [9.17, 15) is 14.4 Å². The minimum Gasteiger partial charge on any atom is -0.462 e. The Bertz CT molecular complexity index is 1170. The first kappa shape index (κ1) is 52.3. The number of rotatable bonds is 38. The van der Waals surface area contributed by atoms with Crippen molar-refractivity contribution in [1.82, 2.24) is 0 Å². The summed E-state index contributed by atoms with van der Waals surface area (Å²) in [7, 11) is 0. The average Bonchev–Trinajstić information content (AvgIpc) is 3.19. The highest BCUT2D eigenvalue weighted by atomic mass is 16.6. The molecule has 0 saturated carbocycles. The number of esters is 3. The zero-order valence-corrected chi connectivity index (χ0v) is 35.9. The molecule has 0 N–H and O–H groups in total. The number of ether oxygens (including phenoxy) is 3. The van der Waals surface area contributed by atoms with Crippen molar-refractivity contribution in [2.75, 3.05) is 13.2 Å². The van der Waals surface area contributed by atoms with Crippen LogP contribution in [-0.2, 0) is 28.6 Å². The second-order valence-electron chi connectivity index (χ2n) is 14.2. The van der Waals surface area contributed by atoms with E-state index >= 15 is 0 Å². The molecule has 6 nitrogen and oxygen atoms in total. The molecule has 0 amide bonds. The Morgan fingerprint density at radius 1 is 0.375 bits per heavy atom. The Labute approximate surface area is 343 Å². The van der Waals surface area contributed by atoms with Gasteiger partial charge < -0.3 is 14.2 Å². The summed E-state index contributed by atoms with van der Waals surface area (Å²) in [6, 6.07) is 0. The van der Waals surface area contributed by atoms with Crippen molar-refractivity contribution in [3.63, 3.8) is 0 Å². The van der Waals surface area contributed by atoms with E-state index in [0.717, 1.165) is 116 Å². The van der Waals surface area contributed by atoms with Gasteiger partial charge in [0.2, 0.25) is 0 Å². The predicted molar refractivity (Wildman–Crippen MR) is 237 cm³/mol. The highest BCUT2D eigenvalue weighted by Gasteiger charge is 2.19. The third kappa shape index (κ3) is 41.5. The molecule has 0 aliphatic rings. The first-order valence-electron chi connectivity index (χ1n) is 22.2. The van der Waals surface area contributed by atoms with E-state index in [2.05, 4.69) is 118 Å². The molecule has 0 spiro atoms. The lowest BCUT2D eigenvalue weighted by atomic mass is 10.1. The highest BCUT2D eigenvalue weighted by Crippen LogP contribution is 2.11. The van der Waals surface area contributed by atoms with Gasteiger partial charge >= 0.3 is 17.9 Å². The SMILES string of the molecule is CC/C=C\C/C=C\C/C=C\C/C=C\CCCCCCC(=O)OCC(COC(=O)CCCCCCCC)OC(=O)CCCC/C=C\C/C=C\C/C=C\C/C=C\CC. The van der Waals surface area contributed by atoms with Crippen molar-refractivity contribution in [3.05, 3.63) is 97.2 Å². The van der Waals surface area contributed by atoms with Crippen molar-refractivity contribution >= 4 is 17.9 Å². The number of unbranched alkanes of at least 4 members (excludes halogenated alkanes) is 11. The summed E-state index contributed by atoms with van der Waals surface area (Å²) < 4.78 is 16.6. The average molecular weight is 777 g/mol. The van der Waals surface area contributed by atoms with Crippen LogP contribution in [0.2, 0.25) is 0 Å². The fraction of sp³-hybridized carbons (Fsp3) is 0.620. The first-order valence-corrected chi connectivity index (χ1v) is 22.2. The molecule has 0 saturated heterocycles. The van der Waals surface area contributed by atoms with Gasteiger partial charge in [0.1, 0.15) is 13.2 Å². The zero-order valence-electron chi connectivity index (χ0n) is 35.9. The van der Waals surface area contributed by atoms with Crippen LogP contribution in [0.25, 0.3) is 0 Å². The third-order valence-electron chi connectivity index (χ3n) is 8.83. The molecule has 316 valence electrons. The number of hydrogen-bond donors (Lipinski definition) is 0. The summed E-state index contributed by atoms with van der Waals surface area (Å²) in [5.41, 5.74) is 0.